The van der Waals surface area contributed by atoms with Gasteiger partial charge in [-0.2, -0.15) is 14.9 Å². The minimum Gasteiger partial charge on any atom is -0.244 e. The summed E-state index contributed by atoms with van der Waals surface area (Å²) in [4.78, 5) is 11.9. The van der Waals surface area contributed by atoms with E-state index >= 15 is 0 Å². The SMILES string of the molecule is O=c1[nH]nc(Cc2ccc(Cl)cc2)n1/N=C/c1cccc(Br)c1. The molecule has 0 bridgehead atoms. The Balaban J connectivity index is 1.87. The van der Waals surface area contributed by atoms with Gasteiger partial charge in [0.1, 0.15) is 0 Å². The van der Waals surface area contributed by atoms with Crippen molar-refractivity contribution in [3.63, 3.8) is 0 Å². The highest BCUT2D eigenvalue weighted by Crippen LogP contribution is 2.12. The fourth-order valence-electron chi connectivity index (χ4n) is 2.05. The van der Waals surface area contributed by atoms with E-state index in [1.54, 1.807) is 18.3 Å². The zero-order chi connectivity index (χ0) is 16.2. The molecule has 0 unspecified atom stereocenters. The lowest BCUT2D eigenvalue weighted by Crippen LogP contribution is -2.15. The predicted molar refractivity (Wildman–Crippen MR) is 94.2 cm³/mol. The van der Waals surface area contributed by atoms with Gasteiger partial charge in [0.2, 0.25) is 0 Å². The Morgan fingerprint density at radius 3 is 2.78 bits per heavy atom. The lowest BCUT2D eigenvalue weighted by molar-refractivity contribution is 0.775. The van der Waals surface area contributed by atoms with E-state index < -0.39 is 0 Å². The second-order valence-corrected chi connectivity index (χ2v) is 6.21. The van der Waals surface area contributed by atoms with E-state index in [1.165, 1.54) is 4.68 Å². The van der Waals surface area contributed by atoms with Crippen LogP contribution in [0.4, 0.5) is 0 Å². The minimum absolute atomic E-state index is 0.375. The van der Waals surface area contributed by atoms with Crippen LogP contribution >= 0.6 is 27.5 Å². The number of hydrogen-bond donors (Lipinski definition) is 1. The molecule has 0 aliphatic heterocycles. The summed E-state index contributed by atoms with van der Waals surface area (Å²) in [7, 11) is 0. The van der Waals surface area contributed by atoms with Crippen molar-refractivity contribution >= 4 is 33.7 Å². The number of benzene rings is 2. The first-order chi connectivity index (χ1) is 11.1. The lowest BCUT2D eigenvalue weighted by Gasteiger charge is -2.01. The highest BCUT2D eigenvalue weighted by atomic mass is 79.9. The summed E-state index contributed by atoms with van der Waals surface area (Å²) in [6.07, 6.45) is 2.10. The standard InChI is InChI=1S/C16H12BrClN4O/c17-13-3-1-2-12(8-13)10-19-22-15(20-21-16(22)23)9-11-4-6-14(18)7-5-11/h1-8,10H,9H2,(H,21,23)/b19-10+. The first-order valence-electron chi connectivity index (χ1n) is 6.82. The fraction of sp³-hybridized carbons (Fsp3) is 0.0625. The lowest BCUT2D eigenvalue weighted by atomic mass is 10.1. The Labute approximate surface area is 145 Å². The van der Waals surface area contributed by atoms with Gasteiger partial charge in [0, 0.05) is 15.9 Å². The zero-order valence-corrected chi connectivity index (χ0v) is 14.3. The van der Waals surface area contributed by atoms with Gasteiger partial charge in [0.05, 0.1) is 6.21 Å². The quantitative estimate of drug-likeness (QED) is 0.692. The molecular formula is C16H12BrClN4O. The maximum Gasteiger partial charge on any atom is 0.364 e. The van der Waals surface area contributed by atoms with Crippen molar-refractivity contribution in [3.05, 3.63) is 85.5 Å². The smallest absolute Gasteiger partial charge is 0.244 e. The number of halogens is 2. The third-order valence-electron chi connectivity index (χ3n) is 3.16. The van der Waals surface area contributed by atoms with Crippen LogP contribution in [0.25, 0.3) is 0 Å². The third-order valence-corrected chi connectivity index (χ3v) is 3.91. The zero-order valence-electron chi connectivity index (χ0n) is 11.9. The largest absolute Gasteiger partial charge is 0.364 e. The fourth-order valence-corrected chi connectivity index (χ4v) is 2.60. The van der Waals surface area contributed by atoms with Gasteiger partial charge in [-0.05, 0) is 35.4 Å². The van der Waals surface area contributed by atoms with E-state index in [0.29, 0.717) is 17.3 Å². The normalized spacial score (nSPS) is 11.2. The number of hydrogen-bond acceptors (Lipinski definition) is 3. The van der Waals surface area contributed by atoms with E-state index in [-0.39, 0.29) is 5.69 Å². The molecule has 0 aliphatic carbocycles. The maximum absolute atomic E-state index is 11.9. The van der Waals surface area contributed by atoms with Crippen LogP contribution < -0.4 is 5.69 Å². The van der Waals surface area contributed by atoms with E-state index in [9.17, 15) is 4.79 Å². The molecule has 23 heavy (non-hydrogen) atoms. The summed E-state index contributed by atoms with van der Waals surface area (Å²) < 4.78 is 2.21. The molecule has 0 saturated heterocycles. The second-order valence-electron chi connectivity index (χ2n) is 4.86. The van der Waals surface area contributed by atoms with E-state index in [2.05, 4.69) is 31.2 Å². The van der Waals surface area contributed by atoms with Crippen molar-refractivity contribution in [1.29, 1.82) is 0 Å². The van der Waals surface area contributed by atoms with Crippen LogP contribution in [-0.2, 0) is 6.42 Å². The van der Waals surface area contributed by atoms with Crippen LogP contribution in [-0.4, -0.2) is 21.1 Å². The molecule has 1 heterocycles. The highest BCUT2D eigenvalue weighted by molar-refractivity contribution is 9.10. The summed E-state index contributed by atoms with van der Waals surface area (Å²) in [6.45, 7) is 0. The van der Waals surface area contributed by atoms with Gasteiger partial charge in [-0.3, -0.25) is 0 Å². The summed E-state index contributed by atoms with van der Waals surface area (Å²) in [6, 6.07) is 15.0. The number of H-pyrrole nitrogens is 1. The van der Waals surface area contributed by atoms with Gasteiger partial charge in [-0.15, -0.1) is 0 Å². The number of aromatic amines is 1. The van der Waals surface area contributed by atoms with Gasteiger partial charge < -0.3 is 0 Å². The third kappa shape index (κ3) is 3.97. The molecule has 0 atom stereocenters. The van der Waals surface area contributed by atoms with Crippen molar-refractivity contribution in [2.75, 3.05) is 0 Å². The van der Waals surface area contributed by atoms with Crippen LogP contribution in [0.15, 0.2) is 62.9 Å². The van der Waals surface area contributed by atoms with Gasteiger partial charge in [-0.1, -0.05) is 51.8 Å². The van der Waals surface area contributed by atoms with Crippen LogP contribution in [0, 0.1) is 0 Å². The van der Waals surface area contributed by atoms with Crippen LogP contribution in [0.1, 0.15) is 17.0 Å². The Bertz CT molecular complexity index is 899. The highest BCUT2D eigenvalue weighted by Gasteiger charge is 2.08. The maximum atomic E-state index is 11.9. The van der Waals surface area contributed by atoms with Crippen LogP contribution in [0.2, 0.25) is 5.02 Å². The Hall–Kier alpha value is -2.18. The molecule has 3 aromatic rings. The Morgan fingerprint density at radius 2 is 2.04 bits per heavy atom. The van der Waals surface area contributed by atoms with Gasteiger partial charge in [0.25, 0.3) is 0 Å². The molecule has 5 nitrogen and oxygen atoms in total. The molecule has 0 saturated carbocycles. The molecular weight excluding hydrogens is 380 g/mol. The Morgan fingerprint density at radius 1 is 1.26 bits per heavy atom. The molecule has 0 amide bonds. The number of rotatable bonds is 4. The van der Waals surface area contributed by atoms with Crippen LogP contribution in [0.5, 0.6) is 0 Å². The summed E-state index contributed by atoms with van der Waals surface area (Å²) in [5, 5.41) is 11.4. The van der Waals surface area contributed by atoms with Crippen molar-refractivity contribution in [3.8, 4) is 0 Å². The molecule has 0 aliphatic rings. The first-order valence-corrected chi connectivity index (χ1v) is 7.99. The monoisotopic (exact) mass is 390 g/mol. The second kappa shape index (κ2) is 6.93. The summed E-state index contributed by atoms with van der Waals surface area (Å²) >= 11 is 9.28. The summed E-state index contributed by atoms with van der Waals surface area (Å²) in [5.41, 5.74) is 1.50. The number of aromatic nitrogens is 3. The van der Waals surface area contributed by atoms with Crippen molar-refractivity contribution < 1.29 is 0 Å². The topological polar surface area (TPSA) is 63.0 Å². The van der Waals surface area contributed by atoms with Gasteiger partial charge >= 0.3 is 5.69 Å². The van der Waals surface area contributed by atoms with E-state index in [4.69, 9.17) is 11.6 Å². The van der Waals surface area contributed by atoms with Gasteiger partial charge in [0.15, 0.2) is 5.82 Å². The van der Waals surface area contributed by atoms with Crippen molar-refractivity contribution in [1.82, 2.24) is 14.9 Å². The van der Waals surface area contributed by atoms with E-state index in [1.807, 2.05) is 36.4 Å². The summed E-state index contributed by atoms with van der Waals surface area (Å²) in [5.74, 6) is 0.531. The van der Waals surface area contributed by atoms with Gasteiger partial charge in [-0.25, -0.2) is 9.89 Å². The van der Waals surface area contributed by atoms with E-state index in [0.717, 1.165) is 15.6 Å². The molecule has 3 rings (SSSR count). The molecule has 1 N–H and O–H groups in total. The Kier molecular flexibility index (Phi) is 4.73. The first kappa shape index (κ1) is 15.7. The average Bonchev–Trinajstić information content (AvgIpc) is 2.88. The number of nitrogens with one attached hydrogen (secondary N) is 1. The molecule has 7 heteroatoms. The molecule has 116 valence electrons. The molecule has 0 spiro atoms. The molecule has 2 aromatic carbocycles. The predicted octanol–water partition coefficient (Wildman–Crippen LogP) is 3.46. The number of nitrogens with zero attached hydrogens (tertiary/aromatic N) is 3. The van der Waals surface area contributed by atoms with Crippen molar-refractivity contribution in [2.24, 2.45) is 5.10 Å². The molecule has 1 aromatic heterocycles. The minimum atomic E-state index is -0.375. The van der Waals surface area contributed by atoms with Crippen molar-refractivity contribution in [2.45, 2.75) is 6.42 Å². The molecule has 0 fully saturated rings. The molecule has 0 radical (unpaired) electrons. The average molecular weight is 392 g/mol. The van der Waals surface area contributed by atoms with Crippen LogP contribution in [0.3, 0.4) is 0 Å².